The third-order valence-electron chi connectivity index (χ3n) is 4.65. The number of aromatic nitrogens is 2. The van der Waals surface area contributed by atoms with Crippen LogP contribution in [0, 0.1) is 5.92 Å². The van der Waals surface area contributed by atoms with E-state index in [1.54, 1.807) is 36.1 Å². The summed E-state index contributed by atoms with van der Waals surface area (Å²) in [6, 6.07) is 10.1. The molecule has 0 N–H and O–H groups in total. The molecule has 2 heterocycles. The van der Waals surface area contributed by atoms with Crippen LogP contribution < -0.4 is 10.3 Å². The van der Waals surface area contributed by atoms with Gasteiger partial charge < -0.3 is 14.4 Å². The number of rotatable bonds is 5. The highest BCUT2D eigenvalue weighted by atomic mass is 16.5. The van der Waals surface area contributed by atoms with Crippen LogP contribution in [0.25, 0.3) is 5.69 Å². The molecule has 1 saturated heterocycles. The van der Waals surface area contributed by atoms with Gasteiger partial charge in [0.25, 0.3) is 11.5 Å². The summed E-state index contributed by atoms with van der Waals surface area (Å²) in [5, 5.41) is 4.27. The average Bonchev–Trinajstić information content (AvgIpc) is 2.74. The molecule has 1 aliphatic heterocycles. The predicted octanol–water partition coefficient (Wildman–Crippen LogP) is 1.66. The van der Waals surface area contributed by atoms with Crippen molar-refractivity contribution in [1.29, 1.82) is 0 Å². The molecular weight excluding hydrogens is 362 g/mol. The van der Waals surface area contributed by atoms with Crippen LogP contribution in [0.5, 0.6) is 5.75 Å². The van der Waals surface area contributed by atoms with E-state index >= 15 is 0 Å². The maximum Gasteiger partial charge on any atom is 0.310 e. The van der Waals surface area contributed by atoms with Crippen LogP contribution in [-0.4, -0.2) is 53.4 Å². The van der Waals surface area contributed by atoms with E-state index in [0.717, 1.165) is 0 Å². The van der Waals surface area contributed by atoms with E-state index in [0.29, 0.717) is 31.7 Å². The summed E-state index contributed by atoms with van der Waals surface area (Å²) in [6.45, 7) is 2.82. The zero-order valence-corrected chi connectivity index (χ0v) is 16.0. The Morgan fingerprint density at radius 1 is 1.25 bits per heavy atom. The number of piperidine rings is 1. The Bertz CT molecular complexity index is 910. The number of ether oxygens (including phenoxy) is 2. The molecular formula is C20H23N3O5. The molecule has 8 nitrogen and oxygen atoms in total. The van der Waals surface area contributed by atoms with Gasteiger partial charge in [-0.15, -0.1) is 0 Å². The van der Waals surface area contributed by atoms with Gasteiger partial charge in [-0.25, -0.2) is 0 Å². The Morgan fingerprint density at radius 3 is 2.68 bits per heavy atom. The van der Waals surface area contributed by atoms with Gasteiger partial charge in [0.15, 0.2) is 11.4 Å². The monoisotopic (exact) mass is 385 g/mol. The quantitative estimate of drug-likeness (QED) is 0.727. The number of methoxy groups -OCH3 is 1. The van der Waals surface area contributed by atoms with Crippen molar-refractivity contribution in [3.05, 3.63) is 52.4 Å². The summed E-state index contributed by atoms with van der Waals surface area (Å²) in [7, 11) is 1.39. The van der Waals surface area contributed by atoms with Crippen LogP contribution in [-0.2, 0) is 9.53 Å². The highest BCUT2D eigenvalue weighted by Crippen LogP contribution is 2.22. The average molecular weight is 385 g/mol. The minimum absolute atomic E-state index is 0.0375. The van der Waals surface area contributed by atoms with E-state index in [-0.39, 0.29) is 35.8 Å². The van der Waals surface area contributed by atoms with Crippen LogP contribution in [0.2, 0.25) is 0 Å². The van der Waals surface area contributed by atoms with Crippen LogP contribution in [0.1, 0.15) is 30.3 Å². The molecule has 8 heteroatoms. The van der Waals surface area contributed by atoms with E-state index in [1.165, 1.54) is 17.9 Å². The van der Waals surface area contributed by atoms with Gasteiger partial charge in [-0.3, -0.25) is 14.4 Å². The number of esters is 1. The van der Waals surface area contributed by atoms with E-state index in [9.17, 15) is 14.4 Å². The van der Waals surface area contributed by atoms with Gasteiger partial charge in [-0.05, 0) is 31.9 Å². The van der Waals surface area contributed by atoms with Gasteiger partial charge in [0, 0.05) is 13.1 Å². The van der Waals surface area contributed by atoms with Gasteiger partial charge in [0.1, 0.15) is 0 Å². The highest BCUT2D eigenvalue weighted by Gasteiger charge is 2.32. The second-order valence-corrected chi connectivity index (χ2v) is 6.49. The van der Waals surface area contributed by atoms with Crippen molar-refractivity contribution in [3.63, 3.8) is 0 Å². The maximum atomic E-state index is 13.1. The topological polar surface area (TPSA) is 90.7 Å². The third-order valence-corrected chi connectivity index (χ3v) is 4.65. The summed E-state index contributed by atoms with van der Waals surface area (Å²) in [5.74, 6) is -0.922. The maximum absolute atomic E-state index is 13.1. The predicted molar refractivity (Wildman–Crippen MR) is 102 cm³/mol. The second-order valence-electron chi connectivity index (χ2n) is 6.49. The Hall–Kier alpha value is -3.16. The molecule has 1 amide bonds. The summed E-state index contributed by atoms with van der Waals surface area (Å²) in [5.41, 5.74) is 0.186. The largest absolute Gasteiger partial charge is 0.494 e. The summed E-state index contributed by atoms with van der Waals surface area (Å²) in [6.07, 6.45) is 1.37. The van der Waals surface area contributed by atoms with E-state index < -0.39 is 5.56 Å². The number of likely N-dealkylation sites (tertiary alicyclic amines) is 1. The molecule has 1 aromatic heterocycles. The number of benzene rings is 1. The Labute approximate surface area is 162 Å². The minimum Gasteiger partial charge on any atom is -0.494 e. The lowest BCUT2D eigenvalue weighted by Crippen LogP contribution is -2.43. The lowest BCUT2D eigenvalue weighted by Gasteiger charge is -2.31. The zero-order chi connectivity index (χ0) is 20.1. The SMILES string of the molecule is CCOC(=O)C1CCCN(C(=O)c2nn(-c3ccccc3)c(=O)cc2OC)C1. The van der Waals surface area contributed by atoms with Gasteiger partial charge in [0.2, 0.25) is 0 Å². The van der Waals surface area contributed by atoms with Crippen molar-refractivity contribution in [2.24, 2.45) is 5.92 Å². The first kappa shape index (κ1) is 19.6. The molecule has 0 spiro atoms. The minimum atomic E-state index is -0.400. The highest BCUT2D eigenvalue weighted by molar-refractivity contribution is 5.95. The molecule has 1 aromatic carbocycles. The Kier molecular flexibility index (Phi) is 6.08. The summed E-state index contributed by atoms with van der Waals surface area (Å²) in [4.78, 5) is 39.1. The van der Waals surface area contributed by atoms with Crippen LogP contribution in [0.4, 0.5) is 0 Å². The van der Waals surface area contributed by atoms with Crippen molar-refractivity contribution in [3.8, 4) is 11.4 Å². The Morgan fingerprint density at radius 2 is 2.00 bits per heavy atom. The molecule has 0 saturated carbocycles. The molecule has 148 valence electrons. The first-order chi connectivity index (χ1) is 13.5. The van der Waals surface area contributed by atoms with Gasteiger partial charge in [0.05, 0.1) is 31.4 Å². The first-order valence-electron chi connectivity index (χ1n) is 9.24. The van der Waals surface area contributed by atoms with Gasteiger partial charge in [-0.1, -0.05) is 18.2 Å². The number of amides is 1. The van der Waals surface area contributed by atoms with Crippen LogP contribution >= 0.6 is 0 Å². The van der Waals surface area contributed by atoms with Gasteiger partial charge >= 0.3 is 5.97 Å². The van der Waals surface area contributed by atoms with Crippen molar-refractivity contribution in [2.75, 3.05) is 26.8 Å². The molecule has 1 unspecified atom stereocenters. The molecule has 0 aliphatic carbocycles. The normalized spacial score (nSPS) is 16.5. The van der Waals surface area contributed by atoms with Crippen LogP contribution in [0.3, 0.4) is 0 Å². The van der Waals surface area contributed by atoms with E-state index in [4.69, 9.17) is 9.47 Å². The lowest BCUT2D eigenvalue weighted by molar-refractivity contribution is -0.149. The molecule has 28 heavy (non-hydrogen) atoms. The molecule has 0 bridgehead atoms. The fourth-order valence-corrected chi connectivity index (χ4v) is 3.26. The first-order valence-corrected chi connectivity index (χ1v) is 9.24. The van der Waals surface area contributed by atoms with Crippen molar-refractivity contribution >= 4 is 11.9 Å². The zero-order valence-electron chi connectivity index (χ0n) is 16.0. The van der Waals surface area contributed by atoms with Crippen molar-refractivity contribution in [2.45, 2.75) is 19.8 Å². The Balaban J connectivity index is 1.92. The smallest absolute Gasteiger partial charge is 0.310 e. The standard InChI is InChI=1S/C20H23N3O5/c1-3-28-20(26)14-8-7-11-22(13-14)19(25)18-16(27-2)12-17(24)23(21-18)15-9-5-4-6-10-15/h4-6,9-10,12,14H,3,7-8,11,13H2,1-2H3. The number of carbonyl (C=O) groups excluding carboxylic acids is 2. The summed E-state index contributed by atoms with van der Waals surface area (Å²) >= 11 is 0. The molecule has 1 fully saturated rings. The fourth-order valence-electron chi connectivity index (χ4n) is 3.26. The number of nitrogens with zero attached hydrogens (tertiary/aromatic N) is 3. The van der Waals surface area contributed by atoms with Crippen molar-refractivity contribution in [1.82, 2.24) is 14.7 Å². The number of hydrogen-bond donors (Lipinski definition) is 0. The van der Waals surface area contributed by atoms with Crippen molar-refractivity contribution < 1.29 is 19.1 Å². The number of para-hydroxylation sites is 1. The van der Waals surface area contributed by atoms with E-state index in [2.05, 4.69) is 5.10 Å². The third kappa shape index (κ3) is 4.05. The molecule has 1 atom stereocenters. The molecule has 1 aliphatic rings. The molecule has 3 rings (SSSR count). The van der Waals surface area contributed by atoms with E-state index in [1.807, 2.05) is 6.07 Å². The number of hydrogen-bond acceptors (Lipinski definition) is 6. The molecule has 2 aromatic rings. The molecule has 0 radical (unpaired) electrons. The lowest BCUT2D eigenvalue weighted by atomic mass is 9.98. The summed E-state index contributed by atoms with van der Waals surface area (Å²) < 4.78 is 11.5. The number of carbonyl (C=O) groups is 2. The van der Waals surface area contributed by atoms with Crippen LogP contribution in [0.15, 0.2) is 41.2 Å². The fraction of sp³-hybridized carbons (Fsp3) is 0.400. The van der Waals surface area contributed by atoms with Gasteiger partial charge in [-0.2, -0.15) is 9.78 Å². The second kappa shape index (κ2) is 8.69.